The van der Waals surface area contributed by atoms with Crippen molar-refractivity contribution in [1.82, 2.24) is 9.80 Å². The maximum absolute atomic E-state index is 12.6. The van der Waals surface area contributed by atoms with Crippen LogP contribution in [-0.2, 0) is 9.53 Å². The minimum absolute atomic E-state index is 0.106. The highest BCUT2D eigenvalue weighted by molar-refractivity contribution is 5.83. The molecule has 1 N–H and O–H groups in total. The molecule has 3 rings (SSSR count). The predicted molar refractivity (Wildman–Crippen MR) is 66.8 cm³/mol. The average Bonchev–Trinajstić information content (AvgIpc) is 3.05. The van der Waals surface area contributed by atoms with E-state index in [9.17, 15) is 14.7 Å². The number of rotatable bonds is 1. The molecule has 1 saturated carbocycles. The van der Waals surface area contributed by atoms with E-state index in [1.807, 2.05) is 4.90 Å². The fraction of sp³-hybridized carbons (Fsp3) is 0.846. The SMILES string of the molecule is O=C(O)[C@H]1CCCN1C(=O)N1CCOC2CCCC21. The molecule has 3 fully saturated rings. The Kier molecular flexibility index (Phi) is 3.35. The molecular formula is C13H20N2O4. The van der Waals surface area contributed by atoms with E-state index in [1.165, 1.54) is 4.90 Å². The van der Waals surface area contributed by atoms with Crippen LogP contribution in [0.25, 0.3) is 0 Å². The van der Waals surface area contributed by atoms with Crippen LogP contribution in [0.1, 0.15) is 32.1 Å². The Morgan fingerprint density at radius 1 is 1.05 bits per heavy atom. The summed E-state index contributed by atoms with van der Waals surface area (Å²) in [6, 6.07) is -0.600. The zero-order valence-electron chi connectivity index (χ0n) is 11.0. The van der Waals surface area contributed by atoms with E-state index >= 15 is 0 Å². The van der Waals surface area contributed by atoms with Gasteiger partial charge in [-0.3, -0.25) is 0 Å². The summed E-state index contributed by atoms with van der Waals surface area (Å²) in [6.07, 6.45) is 4.57. The fourth-order valence-corrected chi connectivity index (χ4v) is 3.58. The van der Waals surface area contributed by atoms with Gasteiger partial charge in [-0.1, -0.05) is 0 Å². The topological polar surface area (TPSA) is 70.1 Å². The van der Waals surface area contributed by atoms with E-state index < -0.39 is 12.0 Å². The molecule has 6 nitrogen and oxygen atoms in total. The number of morpholine rings is 1. The van der Waals surface area contributed by atoms with Crippen molar-refractivity contribution in [1.29, 1.82) is 0 Å². The van der Waals surface area contributed by atoms with Gasteiger partial charge in [-0.15, -0.1) is 0 Å². The number of carbonyl (C=O) groups excluding carboxylic acids is 1. The summed E-state index contributed by atoms with van der Waals surface area (Å²) in [7, 11) is 0. The molecule has 0 radical (unpaired) electrons. The van der Waals surface area contributed by atoms with E-state index in [0.717, 1.165) is 25.7 Å². The summed E-state index contributed by atoms with van der Waals surface area (Å²) in [6.45, 7) is 1.71. The van der Waals surface area contributed by atoms with Crippen LogP contribution in [0.15, 0.2) is 0 Å². The molecule has 1 aliphatic carbocycles. The van der Waals surface area contributed by atoms with Crippen LogP contribution >= 0.6 is 0 Å². The molecule has 2 unspecified atom stereocenters. The Balaban J connectivity index is 1.74. The molecule has 19 heavy (non-hydrogen) atoms. The number of nitrogens with zero attached hydrogens (tertiary/aromatic N) is 2. The highest BCUT2D eigenvalue weighted by Gasteiger charge is 2.43. The normalized spacial score (nSPS) is 34.4. The number of urea groups is 1. The smallest absolute Gasteiger partial charge is 0.326 e. The lowest BCUT2D eigenvalue weighted by atomic mass is 10.1. The minimum atomic E-state index is -0.887. The van der Waals surface area contributed by atoms with Crippen LogP contribution in [0.5, 0.6) is 0 Å². The van der Waals surface area contributed by atoms with Gasteiger partial charge in [0.15, 0.2) is 0 Å². The lowest BCUT2D eigenvalue weighted by molar-refractivity contribution is -0.141. The number of carboxylic acid groups (broad SMARTS) is 1. The van der Waals surface area contributed by atoms with Crippen LogP contribution in [0, 0.1) is 0 Å². The molecular weight excluding hydrogens is 248 g/mol. The van der Waals surface area contributed by atoms with Gasteiger partial charge in [-0.2, -0.15) is 0 Å². The van der Waals surface area contributed by atoms with Crippen LogP contribution in [-0.4, -0.2) is 64.8 Å². The number of carbonyl (C=O) groups is 2. The van der Waals surface area contributed by atoms with E-state index in [-0.39, 0.29) is 18.2 Å². The first-order valence-electron chi connectivity index (χ1n) is 7.10. The van der Waals surface area contributed by atoms with Gasteiger partial charge in [-0.05, 0) is 32.1 Å². The summed E-state index contributed by atoms with van der Waals surface area (Å²) < 4.78 is 5.69. The molecule has 106 valence electrons. The van der Waals surface area contributed by atoms with E-state index in [4.69, 9.17) is 4.74 Å². The molecule has 2 heterocycles. The highest BCUT2D eigenvalue weighted by atomic mass is 16.5. The van der Waals surface area contributed by atoms with Gasteiger partial charge in [0.05, 0.1) is 18.8 Å². The number of ether oxygens (including phenoxy) is 1. The number of amides is 2. The second kappa shape index (κ2) is 5.00. The third-order valence-electron chi connectivity index (χ3n) is 4.51. The van der Waals surface area contributed by atoms with Crippen LogP contribution in [0.3, 0.4) is 0 Å². The van der Waals surface area contributed by atoms with Gasteiger partial charge in [-0.25, -0.2) is 9.59 Å². The number of aliphatic carboxylic acids is 1. The van der Waals surface area contributed by atoms with Crippen molar-refractivity contribution in [2.45, 2.75) is 50.3 Å². The summed E-state index contributed by atoms with van der Waals surface area (Å²) >= 11 is 0. The van der Waals surface area contributed by atoms with Crippen LogP contribution < -0.4 is 0 Å². The van der Waals surface area contributed by atoms with Gasteiger partial charge < -0.3 is 19.6 Å². The number of fused-ring (bicyclic) bond motifs is 1. The molecule has 0 aromatic heterocycles. The Morgan fingerprint density at radius 2 is 1.89 bits per heavy atom. The van der Waals surface area contributed by atoms with Crippen molar-refractivity contribution in [3.63, 3.8) is 0 Å². The molecule has 0 spiro atoms. The summed E-state index contributed by atoms with van der Waals surface area (Å²) in [5.74, 6) is -0.887. The Hall–Kier alpha value is -1.30. The van der Waals surface area contributed by atoms with Gasteiger partial charge in [0.1, 0.15) is 6.04 Å². The van der Waals surface area contributed by atoms with Crippen molar-refractivity contribution in [3.8, 4) is 0 Å². The molecule has 2 saturated heterocycles. The summed E-state index contributed by atoms with van der Waals surface area (Å²) in [4.78, 5) is 27.2. The lowest BCUT2D eigenvalue weighted by Gasteiger charge is -2.40. The van der Waals surface area contributed by atoms with Crippen LogP contribution in [0.2, 0.25) is 0 Å². The number of hydrogen-bond acceptors (Lipinski definition) is 3. The van der Waals surface area contributed by atoms with Crippen LogP contribution in [0.4, 0.5) is 4.79 Å². The average molecular weight is 268 g/mol. The molecule has 0 aromatic rings. The van der Waals surface area contributed by atoms with Crippen molar-refractivity contribution in [3.05, 3.63) is 0 Å². The molecule has 2 amide bonds. The second-order valence-electron chi connectivity index (χ2n) is 5.57. The molecule has 2 aliphatic heterocycles. The number of carboxylic acids is 1. The Labute approximate surface area is 112 Å². The minimum Gasteiger partial charge on any atom is -0.480 e. The third kappa shape index (κ3) is 2.18. The summed E-state index contributed by atoms with van der Waals surface area (Å²) in [5, 5.41) is 9.18. The van der Waals surface area contributed by atoms with Gasteiger partial charge in [0.25, 0.3) is 0 Å². The largest absolute Gasteiger partial charge is 0.480 e. The first-order chi connectivity index (χ1) is 9.18. The fourth-order valence-electron chi connectivity index (χ4n) is 3.58. The Bertz CT molecular complexity index is 387. The molecule has 0 aromatic carbocycles. The van der Waals surface area contributed by atoms with Crippen molar-refractivity contribution in [2.24, 2.45) is 0 Å². The van der Waals surface area contributed by atoms with E-state index in [1.54, 1.807) is 0 Å². The zero-order chi connectivity index (χ0) is 13.4. The first kappa shape index (κ1) is 12.7. The molecule has 6 heteroatoms. The van der Waals surface area contributed by atoms with Gasteiger partial charge >= 0.3 is 12.0 Å². The number of likely N-dealkylation sites (tertiary alicyclic amines) is 1. The molecule has 3 atom stereocenters. The maximum Gasteiger partial charge on any atom is 0.326 e. The number of hydrogen-bond donors (Lipinski definition) is 1. The molecule has 0 bridgehead atoms. The van der Waals surface area contributed by atoms with Gasteiger partial charge in [0, 0.05) is 13.1 Å². The third-order valence-corrected chi connectivity index (χ3v) is 4.51. The second-order valence-corrected chi connectivity index (χ2v) is 5.57. The molecule has 3 aliphatic rings. The quantitative estimate of drug-likeness (QED) is 0.767. The van der Waals surface area contributed by atoms with Crippen molar-refractivity contribution < 1.29 is 19.4 Å². The van der Waals surface area contributed by atoms with Crippen molar-refractivity contribution in [2.75, 3.05) is 19.7 Å². The Morgan fingerprint density at radius 3 is 2.68 bits per heavy atom. The zero-order valence-corrected chi connectivity index (χ0v) is 11.0. The lowest BCUT2D eigenvalue weighted by Crippen LogP contribution is -2.57. The van der Waals surface area contributed by atoms with E-state index in [2.05, 4.69) is 0 Å². The predicted octanol–water partition coefficient (Wildman–Crippen LogP) is 0.909. The standard InChI is InChI=1S/C13H20N2O4/c16-12(17)10-4-2-6-14(10)13(18)15-7-8-19-11-5-1-3-9(11)15/h9-11H,1-8H2,(H,16,17)/t9?,10-,11?/m1/s1. The first-order valence-corrected chi connectivity index (χ1v) is 7.10. The van der Waals surface area contributed by atoms with E-state index in [0.29, 0.717) is 26.1 Å². The summed E-state index contributed by atoms with van der Waals surface area (Å²) in [5.41, 5.74) is 0. The maximum atomic E-state index is 12.6. The van der Waals surface area contributed by atoms with Gasteiger partial charge in [0.2, 0.25) is 0 Å². The monoisotopic (exact) mass is 268 g/mol. The van der Waals surface area contributed by atoms with Crippen molar-refractivity contribution >= 4 is 12.0 Å². The highest BCUT2D eigenvalue weighted by Crippen LogP contribution is 2.31.